The summed E-state index contributed by atoms with van der Waals surface area (Å²) >= 11 is 0. The van der Waals surface area contributed by atoms with E-state index in [4.69, 9.17) is 4.74 Å². The molecule has 1 aromatic carbocycles. The molecule has 22 heavy (non-hydrogen) atoms. The van der Waals surface area contributed by atoms with Gasteiger partial charge in [0.2, 0.25) is 0 Å². The Balaban J connectivity index is 1.79. The molecular formula is C17H22N2O3. The van der Waals surface area contributed by atoms with E-state index in [2.05, 4.69) is 5.32 Å². The van der Waals surface area contributed by atoms with Gasteiger partial charge in [0.05, 0.1) is 12.6 Å². The molecule has 3 rings (SSSR count). The number of nitrogens with one attached hydrogen (secondary N) is 1. The van der Waals surface area contributed by atoms with E-state index in [0.29, 0.717) is 13.2 Å². The van der Waals surface area contributed by atoms with Crippen LogP contribution >= 0.6 is 0 Å². The molecule has 2 aliphatic heterocycles. The summed E-state index contributed by atoms with van der Waals surface area (Å²) in [6, 6.07) is 7.37. The number of ether oxygens (including phenoxy) is 1. The molecule has 1 N–H and O–H groups in total. The minimum Gasteiger partial charge on any atom is -0.376 e. The van der Waals surface area contributed by atoms with Crippen molar-refractivity contribution >= 4 is 11.9 Å². The summed E-state index contributed by atoms with van der Waals surface area (Å²) in [7, 11) is 0. The van der Waals surface area contributed by atoms with E-state index in [1.807, 2.05) is 31.2 Å². The highest BCUT2D eigenvalue weighted by Gasteiger charge is 2.49. The lowest BCUT2D eigenvalue weighted by molar-refractivity contribution is -0.132. The van der Waals surface area contributed by atoms with Gasteiger partial charge >= 0.3 is 6.03 Å². The number of carbonyl (C=O) groups excluding carboxylic acids is 2. The number of aryl methyl sites for hydroxylation is 1. The average Bonchev–Trinajstić information content (AvgIpc) is 2.73. The van der Waals surface area contributed by atoms with Crippen molar-refractivity contribution in [2.24, 2.45) is 0 Å². The maximum Gasteiger partial charge on any atom is 0.325 e. The van der Waals surface area contributed by atoms with Gasteiger partial charge in [0.1, 0.15) is 5.54 Å². The van der Waals surface area contributed by atoms with Crippen LogP contribution in [0.1, 0.15) is 37.3 Å². The van der Waals surface area contributed by atoms with E-state index < -0.39 is 5.54 Å². The van der Waals surface area contributed by atoms with Crippen LogP contribution in [0.15, 0.2) is 24.3 Å². The maximum atomic E-state index is 12.8. The maximum absolute atomic E-state index is 12.8. The van der Waals surface area contributed by atoms with Gasteiger partial charge in [-0.1, -0.05) is 29.8 Å². The molecule has 5 nitrogen and oxygen atoms in total. The Morgan fingerprint density at radius 1 is 1.27 bits per heavy atom. The summed E-state index contributed by atoms with van der Waals surface area (Å²) < 4.78 is 5.65. The molecule has 5 heteroatoms. The van der Waals surface area contributed by atoms with Gasteiger partial charge in [-0.2, -0.15) is 0 Å². The first-order chi connectivity index (χ1) is 10.5. The van der Waals surface area contributed by atoms with Gasteiger partial charge in [-0.15, -0.1) is 0 Å². The minimum atomic E-state index is -0.987. The fraction of sp³-hybridized carbons (Fsp3) is 0.529. The zero-order valence-electron chi connectivity index (χ0n) is 13.1. The number of urea groups is 1. The van der Waals surface area contributed by atoms with E-state index in [0.717, 1.165) is 30.4 Å². The van der Waals surface area contributed by atoms with Crippen molar-refractivity contribution in [1.29, 1.82) is 0 Å². The van der Waals surface area contributed by atoms with Crippen molar-refractivity contribution in [3.8, 4) is 0 Å². The number of nitrogens with zero attached hydrogens (tertiary/aromatic N) is 1. The summed E-state index contributed by atoms with van der Waals surface area (Å²) in [4.78, 5) is 26.3. The molecule has 0 spiro atoms. The van der Waals surface area contributed by atoms with E-state index in [1.165, 1.54) is 4.90 Å². The van der Waals surface area contributed by atoms with E-state index >= 15 is 0 Å². The lowest BCUT2D eigenvalue weighted by Gasteiger charge is -2.27. The summed E-state index contributed by atoms with van der Waals surface area (Å²) in [5.41, 5.74) is 0.944. The number of amides is 3. The first-order valence-corrected chi connectivity index (χ1v) is 7.83. The number of imide groups is 1. The van der Waals surface area contributed by atoms with Crippen LogP contribution in [-0.2, 0) is 15.1 Å². The smallest absolute Gasteiger partial charge is 0.325 e. The molecule has 3 amide bonds. The number of hydrogen-bond acceptors (Lipinski definition) is 3. The number of benzene rings is 1. The highest BCUT2D eigenvalue weighted by atomic mass is 16.5. The van der Waals surface area contributed by atoms with Crippen LogP contribution in [0.2, 0.25) is 0 Å². The summed E-state index contributed by atoms with van der Waals surface area (Å²) in [5, 5.41) is 2.84. The molecule has 2 unspecified atom stereocenters. The highest BCUT2D eigenvalue weighted by Crippen LogP contribution is 2.29. The topological polar surface area (TPSA) is 58.6 Å². The molecule has 0 bridgehead atoms. The molecule has 2 fully saturated rings. The van der Waals surface area contributed by atoms with Crippen molar-refractivity contribution in [2.75, 3.05) is 13.2 Å². The van der Waals surface area contributed by atoms with Gasteiger partial charge in [-0.3, -0.25) is 9.69 Å². The molecule has 2 aliphatic rings. The van der Waals surface area contributed by atoms with Crippen molar-refractivity contribution < 1.29 is 14.3 Å². The molecule has 118 valence electrons. The first-order valence-electron chi connectivity index (χ1n) is 7.83. The van der Waals surface area contributed by atoms with E-state index in [1.54, 1.807) is 6.92 Å². The molecular weight excluding hydrogens is 280 g/mol. The Morgan fingerprint density at radius 3 is 2.64 bits per heavy atom. The van der Waals surface area contributed by atoms with Crippen LogP contribution in [0.25, 0.3) is 0 Å². The molecule has 2 saturated heterocycles. The molecule has 0 radical (unpaired) electrons. The van der Waals surface area contributed by atoms with Gasteiger partial charge in [0, 0.05) is 6.61 Å². The highest BCUT2D eigenvalue weighted by molar-refractivity contribution is 6.07. The molecule has 0 aliphatic carbocycles. The van der Waals surface area contributed by atoms with Crippen molar-refractivity contribution in [1.82, 2.24) is 10.2 Å². The zero-order valence-corrected chi connectivity index (χ0v) is 13.1. The van der Waals surface area contributed by atoms with Crippen LogP contribution in [0.5, 0.6) is 0 Å². The van der Waals surface area contributed by atoms with Crippen molar-refractivity contribution in [3.63, 3.8) is 0 Å². The fourth-order valence-corrected chi connectivity index (χ4v) is 3.10. The standard InChI is InChI=1S/C17H22N2O3/c1-12-6-8-13(9-7-12)17(2)15(20)19(16(21)18-17)11-14-5-3-4-10-22-14/h6-9,14H,3-5,10-11H2,1-2H3,(H,18,21). The van der Waals surface area contributed by atoms with Gasteiger partial charge < -0.3 is 10.1 Å². The molecule has 1 aromatic rings. The Morgan fingerprint density at radius 2 is 2.00 bits per heavy atom. The predicted octanol–water partition coefficient (Wildman–Crippen LogP) is 2.33. The van der Waals surface area contributed by atoms with Gasteiger partial charge in [-0.05, 0) is 38.7 Å². The lowest BCUT2D eigenvalue weighted by atomic mass is 9.91. The second-order valence-electron chi connectivity index (χ2n) is 6.33. The number of rotatable bonds is 3. The van der Waals surface area contributed by atoms with Crippen molar-refractivity contribution in [2.45, 2.75) is 44.8 Å². The normalized spacial score (nSPS) is 28.8. The fourth-order valence-electron chi connectivity index (χ4n) is 3.10. The molecule has 0 saturated carbocycles. The zero-order chi connectivity index (χ0) is 15.7. The van der Waals surface area contributed by atoms with Gasteiger partial charge in [0.25, 0.3) is 5.91 Å². The van der Waals surface area contributed by atoms with Crippen LogP contribution in [0.3, 0.4) is 0 Å². The summed E-state index contributed by atoms with van der Waals surface area (Å²) in [6.07, 6.45) is 3.00. The molecule has 0 aromatic heterocycles. The van der Waals surface area contributed by atoms with Crippen LogP contribution in [-0.4, -0.2) is 36.1 Å². The number of carbonyl (C=O) groups is 2. The quantitative estimate of drug-likeness (QED) is 0.872. The molecule has 2 heterocycles. The Labute approximate surface area is 130 Å². The second kappa shape index (κ2) is 5.72. The largest absolute Gasteiger partial charge is 0.376 e. The lowest BCUT2D eigenvalue weighted by Crippen LogP contribution is -2.42. The first kappa shape index (κ1) is 15.0. The Bertz CT molecular complexity index is 578. The summed E-state index contributed by atoms with van der Waals surface area (Å²) in [5.74, 6) is -0.199. The third kappa shape index (κ3) is 2.61. The Kier molecular flexibility index (Phi) is 3.91. The average molecular weight is 302 g/mol. The van der Waals surface area contributed by atoms with Crippen LogP contribution < -0.4 is 5.32 Å². The number of hydrogen-bond donors (Lipinski definition) is 1. The second-order valence-corrected chi connectivity index (χ2v) is 6.33. The minimum absolute atomic E-state index is 0.0381. The monoisotopic (exact) mass is 302 g/mol. The molecule has 2 atom stereocenters. The third-order valence-corrected chi connectivity index (χ3v) is 4.56. The SMILES string of the molecule is Cc1ccc(C2(C)NC(=O)N(CC3CCCCO3)C2=O)cc1. The van der Waals surface area contributed by atoms with Crippen LogP contribution in [0.4, 0.5) is 4.79 Å². The third-order valence-electron chi connectivity index (χ3n) is 4.56. The Hall–Kier alpha value is -1.88. The van der Waals surface area contributed by atoms with Gasteiger partial charge in [-0.25, -0.2) is 4.79 Å². The van der Waals surface area contributed by atoms with Crippen LogP contribution in [0, 0.1) is 6.92 Å². The van der Waals surface area contributed by atoms with Crippen molar-refractivity contribution in [3.05, 3.63) is 35.4 Å². The van der Waals surface area contributed by atoms with E-state index in [9.17, 15) is 9.59 Å². The van der Waals surface area contributed by atoms with Gasteiger partial charge in [0.15, 0.2) is 0 Å². The predicted molar refractivity (Wildman–Crippen MR) is 82.4 cm³/mol. The van der Waals surface area contributed by atoms with E-state index in [-0.39, 0.29) is 18.0 Å². The summed E-state index contributed by atoms with van der Waals surface area (Å²) in [6.45, 7) is 4.81.